The van der Waals surface area contributed by atoms with Crippen LogP contribution in [0.25, 0.3) is 0 Å². The second kappa shape index (κ2) is 8.33. The van der Waals surface area contributed by atoms with Gasteiger partial charge in [-0.3, -0.25) is 14.6 Å². The van der Waals surface area contributed by atoms with Gasteiger partial charge in [-0.25, -0.2) is 0 Å². The first-order valence-corrected chi connectivity index (χ1v) is 9.64. The number of carbonyl (C=O) groups is 2. The molecule has 0 saturated carbocycles. The van der Waals surface area contributed by atoms with Crippen LogP contribution in [0.15, 0.2) is 53.6 Å². The SMILES string of the molecule is CSc1ccc(C(=O)NC2CCN(C(=O)c3ccccn3)CC2O)cc1. The fraction of sp³-hybridized carbons (Fsp3) is 0.316. The maximum Gasteiger partial charge on any atom is 0.272 e. The van der Waals surface area contributed by atoms with Crippen molar-refractivity contribution in [2.45, 2.75) is 23.5 Å². The van der Waals surface area contributed by atoms with Crippen LogP contribution in [-0.2, 0) is 0 Å². The Morgan fingerprint density at radius 2 is 2.00 bits per heavy atom. The number of aromatic nitrogens is 1. The van der Waals surface area contributed by atoms with Crippen LogP contribution >= 0.6 is 11.8 Å². The Bertz CT molecular complexity index is 767. The highest BCUT2D eigenvalue weighted by atomic mass is 32.2. The van der Waals surface area contributed by atoms with E-state index in [1.54, 1.807) is 53.2 Å². The predicted molar refractivity (Wildman–Crippen MR) is 100 cm³/mol. The molecular weight excluding hydrogens is 350 g/mol. The summed E-state index contributed by atoms with van der Waals surface area (Å²) in [6.45, 7) is 0.634. The number of thioether (sulfide) groups is 1. The molecule has 2 amide bonds. The number of benzene rings is 1. The van der Waals surface area contributed by atoms with Crippen molar-refractivity contribution >= 4 is 23.6 Å². The van der Waals surface area contributed by atoms with Crippen LogP contribution in [0.3, 0.4) is 0 Å². The second-order valence-corrected chi connectivity index (χ2v) is 7.01. The van der Waals surface area contributed by atoms with Gasteiger partial charge in [0.1, 0.15) is 5.69 Å². The highest BCUT2D eigenvalue weighted by Gasteiger charge is 2.32. The first kappa shape index (κ1) is 18.4. The largest absolute Gasteiger partial charge is 0.389 e. The van der Waals surface area contributed by atoms with Crippen LogP contribution in [0.5, 0.6) is 0 Å². The number of nitrogens with one attached hydrogen (secondary N) is 1. The van der Waals surface area contributed by atoms with Crippen LogP contribution in [-0.4, -0.2) is 58.3 Å². The maximum absolute atomic E-state index is 12.4. The summed E-state index contributed by atoms with van der Waals surface area (Å²) >= 11 is 1.61. The lowest BCUT2D eigenvalue weighted by Crippen LogP contribution is -2.55. The summed E-state index contributed by atoms with van der Waals surface area (Å²) in [6.07, 6.45) is 3.23. The molecule has 7 heteroatoms. The number of amides is 2. The molecule has 136 valence electrons. The Hall–Kier alpha value is -2.38. The molecule has 1 aliphatic rings. The average molecular weight is 371 g/mol. The van der Waals surface area contributed by atoms with Crippen LogP contribution < -0.4 is 5.32 Å². The van der Waals surface area contributed by atoms with Crippen molar-refractivity contribution in [2.75, 3.05) is 19.3 Å². The fourth-order valence-corrected chi connectivity index (χ4v) is 3.34. The quantitative estimate of drug-likeness (QED) is 0.801. The van der Waals surface area contributed by atoms with Gasteiger partial charge in [-0.15, -0.1) is 11.8 Å². The fourth-order valence-electron chi connectivity index (χ4n) is 2.93. The van der Waals surface area contributed by atoms with Crippen molar-refractivity contribution < 1.29 is 14.7 Å². The molecule has 1 aliphatic heterocycles. The zero-order chi connectivity index (χ0) is 18.5. The molecule has 6 nitrogen and oxygen atoms in total. The third-order valence-corrected chi connectivity index (χ3v) is 5.17. The molecule has 0 spiro atoms. The van der Waals surface area contributed by atoms with Gasteiger partial charge in [-0.2, -0.15) is 0 Å². The molecule has 2 aromatic rings. The van der Waals surface area contributed by atoms with Crippen molar-refractivity contribution in [3.05, 3.63) is 59.9 Å². The molecule has 2 atom stereocenters. The van der Waals surface area contributed by atoms with E-state index in [2.05, 4.69) is 10.3 Å². The minimum absolute atomic E-state index is 0.172. The van der Waals surface area contributed by atoms with Crippen LogP contribution in [0.1, 0.15) is 27.3 Å². The summed E-state index contributed by atoms with van der Waals surface area (Å²) in [4.78, 5) is 31.5. The van der Waals surface area contributed by atoms with E-state index >= 15 is 0 Å². The Kier molecular flexibility index (Phi) is 5.90. The number of pyridine rings is 1. The van der Waals surface area contributed by atoms with Gasteiger partial charge in [-0.1, -0.05) is 6.07 Å². The lowest BCUT2D eigenvalue weighted by Gasteiger charge is -2.36. The van der Waals surface area contributed by atoms with Crippen molar-refractivity contribution in [1.29, 1.82) is 0 Å². The van der Waals surface area contributed by atoms with Gasteiger partial charge in [0.15, 0.2) is 0 Å². The highest BCUT2D eigenvalue weighted by Crippen LogP contribution is 2.17. The maximum atomic E-state index is 12.4. The number of aliphatic hydroxyl groups is 1. The Balaban J connectivity index is 1.58. The van der Waals surface area contributed by atoms with E-state index < -0.39 is 6.10 Å². The Morgan fingerprint density at radius 1 is 1.23 bits per heavy atom. The molecule has 2 unspecified atom stereocenters. The van der Waals surface area contributed by atoms with E-state index in [0.717, 1.165) is 4.90 Å². The smallest absolute Gasteiger partial charge is 0.272 e. The summed E-state index contributed by atoms with van der Waals surface area (Å²) in [5.74, 6) is -0.423. The zero-order valence-electron chi connectivity index (χ0n) is 14.5. The number of carbonyl (C=O) groups excluding carboxylic acids is 2. The average Bonchev–Trinajstić information content (AvgIpc) is 2.69. The second-order valence-electron chi connectivity index (χ2n) is 6.13. The third kappa shape index (κ3) is 4.23. The summed E-state index contributed by atoms with van der Waals surface area (Å²) < 4.78 is 0. The number of aliphatic hydroxyl groups excluding tert-OH is 1. The minimum Gasteiger partial charge on any atom is -0.389 e. The topological polar surface area (TPSA) is 82.5 Å². The molecule has 0 bridgehead atoms. The predicted octanol–water partition coefficient (Wildman–Crippen LogP) is 1.81. The van der Waals surface area contributed by atoms with Gasteiger partial charge >= 0.3 is 0 Å². The van der Waals surface area contributed by atoms with Gasteiger partial charge in [0.05, 0.1) is 12.1 Å². The van der Waals surface area contributed by atoms with Crippen molar-refractivity contribution in [3.63, 3.8) is 0 Å². The number of hydrogen-bond donors (Lipinski definition) is 2. The minimum atomic E-state index is -0.814. The van der Waals surface area contributed by atoms with Crippen molar-refractivity contribution in [1.82, 2.24) is 15.2 Å². The number of nitrogens with zero attached hydrogens (tertiary/aromatic N) is 2. The molecule has 0 radical (unpaired) electrons. The Morgan fingerprint density at radius 3 is 2.62 bits per heavy atom. The molecule has 3 rings (SSSR count). The number of rotatable bonds is 4. The Labute approximate surface area is 156 Å². The summed E-state index contributed by atoms with van der Waals surface area (Å²) in [5.41, 5.74) is 0.915. The summed E-state index contributed by atoms with van der Waals surface area (Å²) in [7, 11) is 0. The lowest BCUT2D eigenvalue weighted by molar-refractivity contribution is 0.0311. The van der Waals surface area contributed by atoms with E-state index in [-0.39, 0.29) is 24.4 Å². The number of piperidine rings is 1. The van der Waals surface area contributed by atoms with Gasteiger partial charge in [0, 0.05) is 29.7 Å². The molecular formula is C19H21N3O3S. The molecule has 26 heavy (non-hydrogen) atoms. The van der Waals surface area contributed by atoms with Gasteiger partial charge in [0.25, 0.3) is 11.8 Å². The molecule has 1 fully saturated rings. The van der Waals surface area contributed by atoms with E-state index in [1.165, 1.54) is 0 Å². The molecule has 2 heterocycles. The molecule has 2 N–H and O–H groups in total. The standard InChI is InChI=1S/C19H21N3O3S/c1-26-14-7-5-13(6-8-14)18(24)21-15-9-11-22(12-17(15)23)19(25)16-4-2-3-10-20-16/h2-8,10,15,17,23H,9,11-12H2,1H3,(H,21,24). The van der Waals surface area contributed by atoms with E-state index in [1.807, 2.05) is 18.4 Å². The van der Waals surface area contributed by atoms with Crippen LogP contribution in [0.4, 0.5) is 0 Å². The van der Waals surface area contributed by atoms with Gasteiger partial charge in [0.2, 0.25) is 0 Å². The van der Waals surface area contributed by atoms with E-state index in [0.29, 0.717) is 24.2 Å². The first-order chi connectivity index (χ1) is 12.6. The van der Waals surface area contributed by atoms with E-state index in [4.69, 9.17) is 0 Å². The normalized spacial score (nSPS) is 19.8. The summed E-state index contributed by atoms with van der Waals surface area (Å²) in [6, 6.07) is 12.1. The molecule has 1 saturated heterocycles. The first-order valence-electron chi connectivity index (χ1n) is 8.42. The number of likely N-dealkylation sites (tertiary alicyclic amines) is 1. The molecule has 0 aliphatic carbocycles. The number of β-amino-alcohol motifs (C(OH)–C–C–N with tert-alkyl or cyclic N) is 1. The lowest BCUT2D eigenvalue weighted by atomic mass is 10.0. The van der Waals surface area contributed by atoms with Crippen molar-refractivity contribution in [3.8, 4) is 0 Å². The zero-order valence-corrected chi connectivity index (χ0v) is 15.3. The van der Waals surface area contributed by atoms with Crippen LogP contribution in [0, 0.1) is 0 Å². The monoisotopic (exact) mass is 371 g/mol. The molecule has 1 aromatic carbocycles. The summed E-state index contributed by atoms with van der Waals surface area (Å²) in [5, 5.41) is 13.3. The number of hydrogen-bond acceptors (Lipinski definition) is 5. The van der Waals surface area contributed by atoms with E-state index in [9.17, 15) is 14.7 Å². The molecule has 1 aromatic heterocycles. The van der Waals surface area contributed by atoms with Gasteiger partial charge in [-0.05, 0) is 49.1 Å². The van der Waals surface area contributed by atoms with Gasteiger partial charge < -0.3 is 15.3 Å². The third-order valence-electron chi connectivity index (χ3n) is 4.42. The van der Waals surface area contributed by atoms with Crippen molar-refractivity contribution in [2.24, 2.45) is 0 Å². The van der Waals surface area contributed by atoms with Crippen LogP contribution in [0.2, 0.25) is 0 Å². The highest BCUT2D eigenvalue weighted by molar-refractivity contribution is 7.98.